The molecule has 0 aromatic rings. The number of hydrogen-bond acceptors (Lipinski definition) is 4. The quantitative estimate of drug-likeness (QED) is 0.578. The smallest absolute Gasteiger partial charge is 0.410 e. The number of amides is 1. The van der Waals surface area contributed by atoms with E-state index in [0.29, 0.717) is 13.1 Å². The van der Waals surface area contributed by atoms with Crippen LogP contribution in [0.5, 0.6) is 0 Å². The Balaban J connectivity index is 1.85. The van der Waals surface area contributed by atoms with Crippen LogP contribution in [-0.2, 0) is 14.3 Å². The fourth-order valence-corrected chi connectivity index (χ4v) is 2.87. The first-order chi connectivity index (χ1) is 8.77. The second-order valence-electron chi connectivity index (χ2n) is 6.36. The van der Waals surface area contributed by atoms with Gasteiger partial charge in [0, 0.05) is 18.5 Å². The van der Waals surface area contributed by atoms with Gasteiger partial charge in [0.15, 0.2) is 6.07 Å². The van der Waals surface area contributed by atoms with E-state index in [1.807, 2.05) is 20.8 Å². The third-order valence-electron chi connectivity index (χ3n) is 3.81. The first kappa shape index (κ1) is 14.4. The zero-order valence-corrected chi connectivity index (χ0v) is 12.3. The minimum Gasteiger partial charge on any atom is -0.449 e. The normalized spacial score (nSPS) is 24.4. The van der Waals surface area contributed by atoms with Crippen LogP contribution >= 0.6 is 11.6 Å². The van der Waals surface area contributed by atoms with Gasteiger partial charge in [-0.05, 0) is 33.6 Å². The van der Waals surface area contributed by atoms with E-state index in [1.54, 1.807) is 4.90 Å². The highest BCUT2D eigenvalue weighted by Crippen LogP contribution is 2.53. The molecule has 1 atom stereocenters. The van der Waals surface area contributed by atoms with Gasteiger partial charge in [-0.3, -0.25) is 4.79 Å². The third kappa shape index (κ3) is 2.81. The number of halogens is 1. The highest BCUT2D eigenvalue weighted by atomic mass is 35.5. The van der Waals surface area contributed by atoms with Gasteiger partial charge in [0.25, 0.3) is 0 Å². The van der Waals surface area contributed by atoms with Crippen LogP contribution in [0.4, 0.5) is 4.79 Å². The number of carbonyl (C=O) groups excluding carboxylic acids is 2. The van der Waals surface area contributed by atoms with Crippen molar-refractivity contribution < 1.29 is 19.1 Å². The van der Waals surface area contributed by atoms with Crippen molar-refractivity contribution in [3.05, 3.63) is 0 Å². The van der Waals surface area contributed by atoms with Crippen molar-refractivity contribution in [3.8, 4) is 0 Å². The Morgan fingerprint density at radius 3 is 2.42 bits per heavy atom. The van der Waals surface area contributed by atoms with Gasteiger partial charge in [-0.25, -0.2) is 4.79 Å². The number of rotatable bonds is 2. The molecule has 2 aliphatic rings. The molecule has 1 aliphatic heterocycles. The molecule has 1 saturated heterocycles. The van der Waals surface area contributed by atoms with E-state index in [9.17, 15) is 9.59 Å². The van der Waals surface area contributed by atoms with E-state index >= 15 is 0 Å². The number of carbonyl (C=O) groups is 2. The van der Waals surface area contributed by atoms with Crippen LogP contribution in [0.3, 0.4) is 0 Å². The number of nitrogens with zero attached hydrogens (tertiary/aromatic N) is 1. The van der Waals surface area contributed by atoms with Gasteiger partial charge in [-0.2, -0.15) is 0 Å². The summed E-state index contributed by atoms with van der Waals surface area (Å²) in [5.41, 5.74) is -0.587. The summed E-state index contributed by atoms with van der Waals surface area (Å²) in [5, 5.41) is 0. The van der Waals surface area contributed by atoms with Gasteiger partial charge in [0.05, 0.1) is 5.92 Å². The lowest BCUT2D eigenvalue weighted by Gasteiger charge is -2.58. The Bertz CT molecular complexity index is 385. The first-order valence-electron chi connectivity index (χ1n) is 6.48. The predicted octanol–water partition coefficient (Wildman–Crippen LogP) is 2.37. The van der Waals surface area contributed by atoms with E-state index in [-0.39, 0.29) is 29.5 Å². The minimum absolute atomic E-state index is 0.0972. The highest BCUT2D eigenvalue weighted by Gasteiger charge is 2.59. The van der Waals surface area contributed by atoms with Crippen molar-refractivity contribution in [1.29, 1.82) is 0 Å². The molecule has 6 heteroatoms. The summed E-state index contributed by atoms with van der Waals surface area (Å²) in [5.74, 6) is -0.366. The van der Waals surface area contributed by atoms with Crippen molar-refractivity contribution in [2.24, 2.45) is 11.3 Å². The largest absolute Gasteiger partial charge is 0.449 e. The highest BCUT2D eigenvalue weighted by molar-refractivity contribution is 6.17. The molecule has 0 N–H and O–H groups in total. The van der Waals surface area contributed by atoms with E-state index in [4.69, 9.17) is 21.1 Å². The van der Waals surface area contributed by atoms with E-state index in [1.165, 1.54) is 0 Å². The molecule has 1 saturated carbocycles. The Morgan fingerprint density at radius 1 is 1.37 bits per heavy atom. The molecule has 0 aromatic heterocycles. The average molecular weight is 290 g/mol. The molecule has 108 valence electrons. The van der Waals surface area contributed by atoms with Crippen LogP contribution in [0.2, 0.25) is 0 Å². The third-order valence-corrected chi connectivity index (χ3v) is 3.92. The van der Waals surface area contributed by atoms with Gasteiger partial charge >= 0.3 is 12.1 Å². The van der Waals surface area contributed by atoms with Gasteiger partial charge < -0.3 is 14.4 Å². The molecule has 1 amide bonds. The Kier molecular flexibility index (Phi) is 3.69. The molecular formula is C13H20ClNO4. The van der Waals surface area contributed by atoms with Crippen LogP contribution in [0.15, 0.2) is 0 Å². The lowest BCUT2D eigenvalue weighted by Crippen LogP contribution is -2.67. The summed E-state index contributed by atoms with van der Waals surface area (Å²) in [4.78, 5) is 25.2. The Hall–Kier alpha value is -0.970. The maximum absolute atomic E-state index is 11.8. The molecule has 0 bridgehead atoms. The predicted molar refractivity (Wildman–Crippen MR) is 69.8 cm³/mol. The molecular weight excluding hydrogens is 270 g/mol. The fourth-order valence-electron chi connectivity index (χ4n) is 2.77. The van der Waals surface area contributed by atoms with Gasteiger partial charge in [0.1, 0.15) is 5.60 Å². The van der Waals surface area contributed by atoms with Crippen LogP contribution < -0.4 is 0 Å². The molecule has 0 radical (unpaired) electrons. The van der Waals surface area contributed by atoms with Gasteiger partial charge in [0.2, 0.25) is 0 Å². The molecule has 5 nitrogen and oxygen atoms in total. The number of alkyl halides is 1. The molecule has 1 unspecified atom stereocenters. The van der Waals surface area contributed by atoms with Gasteiger partial charge in [-0.15, -0.1) is 0 Å². The lowest BCUT2D eigenvalue weighted by molar-refractivity contribution is -0.173. The van der Waals surface area contributed by atoms with Crippen LogP contribution in [-0.4, -0.2) is 41.7 Å². The zero-order valence-electron chi connectivity index (χ0n) is 11.6. The number of esters is 1. The summed E-state index contributed by atoms with van der Waals surface area (Å²) in [6, 6.07) is -0.110. The van der Waals surface area contributed by atoms with Crippen molar-refractivity contribution in [3.63, 3.8) is 0 Å². The standard InChI is InChI=1S/C13H20ClNO4/c1-12(2,3)19-11(17)15-6-13(7-15)5-4-9(13)10(16)18-8-14/h9H,4-8H2,1-3H3. The summed E-state index contributed by atoms with van der Waals surface area (Å²) < 4.78 is 10.1. The maximum atomic E-state index is 11.8. The number of hydrogen-bond donors (Lipinski definition) is 0. The fraction of sp³-hybridized carbons (Fsp3) is 0.846. The lowest BCUT2D eigenvalue weighted by atomic mass is 9.56. The number of likely N-dealkylation sites (tertiary alicyclic amines) is 1. The zero-order chi connectivity index (χ0) is 14.3. The molecule has 2 rings (SSSR count). The van der Waals surface area contributed by atoms with E-state index < -0.39 is 5.60 Å². The van der Waals surface area contributed by atoms with Crippen molar-refractivity contribution >= 4 is 23.7 Å². The summed E-state index contributed by atoms with van der Waals surface area (Å²) in [6.45, 7) is 6.66. The second-order valence-corrected chi connectivity index (χ2v) is 6.58. The van der Waals surface area contributed by atoms with Crippen LogP contribution in [0, 0.1) is 11.3 Å². The van der Waals surface area contributed by atoms with Crippen molar-refractivity contribution in [2.45, 2.75) is 39.2 Å². The molecule has 1 spiro atoms. The monoisotopic (exact) mass is 289 g/mol. The summed E-state index contributed by atoms with van der Waals surface area (Å²) in [6.07, 6.45) is 1.46. The molecule has 1 aliphatic carbocycles. The summed E-state index contributed by atoms with van der Waals surface area (Å²) in [7, 11) is 0. The van der Waals surface area contributed by atoms with E-state index in [2.05, 4.69) is 0 Å². The first-order valence-corrected chi connectivity index (χ1v) is 7.01. The number of ether oxygens (including phenoxy) is 2. The Labute approximate surface area is 118 Å². The SMILES string of the molecule is CC(C)(C)OC(=O)N1CC2(CCC2C(=O)OCCl)C1. The average Bonchev–Trinajstić information content (AvgIpc) is 2.10. The molecule has 0 aromatic carbocycles. The topological polar surface area (TPSA) is 55.8 Å². The van der Waals surface area contributed by atoms with Crippen LogP contribution in [0.25, 0.3) is 0 Å². The second kappa shape index (κ2) is 4.85. The minimum atomic E-state index is -0.490. The van der Waals surface area contributed by atoms with Crippen LogP contribution in [0.1, 0.15) is 33.6 Å². The molecule has 19 heavy (non-hydrogen) atoms. The van der Waals surface area contributed by atoms with Crippen molar-refractivity contribution in [1.82, 2.24) is 4.90 Å². The van der Waals surface area contributed by atoms with Crippen molar-refractivity contribution in [2.75, 3.05) is 19.2 Å². The molecule has 2 fully saturated rings. The Morgan fingerprint density at radius 2 is 2.00 bits per heavy atom. The summed E-state index contributed by atoms with van der Waals surface area (Å²) >= 11 is 5.40. The maximum Gasteiger partial charge on any atom is 0.410 e. The van der Waals surface area contributed by atoms with E-state index in [0.717, 1.165) is 12.8 Å². The van der Waals surface area contributed by atoms with Gasteiger partial charge in [-0.1, -0.05) is 11.6 Å². The molecule has 1 heterocycles.